The van der Waals surface area contributed by atoms with Gasteiger partial charge in [-0.05, 0) is 23.3 Å². The third kappa shape index (κ3) is 6.00. The van der Waals surface area contributed by atoms with Gasteiger partial charge in [0.25, 0.3) is 0 Å². The number of amides is 1. The van der Waals surface area contributed by atoms with Gasteiger partial charge in [-0.15, -0.1) is 10.2 Å². The molecular formula is C22H23N3O3S3. The van der Waals surface area contributed by atoms with Gasteiger partial charge in [0.1, 0.15) is 11.0 Å². The Morgan fingerprint density at radius 3 is 2.52 bits per heavy atom. The summed E-state index contributed by atoms with van der Waals surface area (Å²) >= 11 is 4.65. The van der Waals surface area contributed by atoms with E-state index in [2.05, 4.69) is 22.3 Å². The Balaban J connectivity index is 1.43. The molecule has 9 heteroatoms. The van der Waals surface area contributed by atoms with Crippen molar-refractivity contribution in [3.05, 3.63) is 65.7 Å². The average molecular weight is 474 g/mol. The maximum absolute atomic E-state index is 13.3. The van der Waals surface area contributed by atoms with Crippen molar-refractivity contribution in [2.75, 3.05) is 33.4 Å². The Morgan fingerprint density at radius 1 is 1.10 bits per heavy atom. The molecule has 1 fully saturated rings. The van der Waals surface area contributed by atoms with Crippen LogP contribution < -0.4 is 4.74 Å². The van der Waals surface area contributed by atoms with Gasteiger partial charge in [-0.25, -0.2) is 0 Å². The van der Waals surface area contributed by atoms with Gasteiger partial charge in [0.2, 0.25) is 5.91 Å². The van der Waals surface area contributed by atoms with Crippen LogP contribution in [-0.4, -0.2) is 54.4 Å². The number of methoxy groups -OCH3 is 1. The number of rotatable bonds is 8. The molecule has 1 saturated heterocycles. The lowest BCUT2D eigenvalue weighted by atomic mass is 10.1. The fraction of sp³-hybridized carbons (Fsp3) is 0.318. The standard InChI is InChI=1S/C22H23N3O3S3/c1-27-18-9-7-16(8-10-18)15-29-21-23-24-22(31-21)30-19(17-5-3-2-4-6-17)20(26)25-11-13-28-14-12-25/h2-10,19H,11-15H2,1H3. The van der Waals surface area contributed by atoms with E-state index >= 15 is 0 Å². The monoisotopic (exact) mass is 473 g/mol. The highest BCUT2D eigenvalue weighted by Crippen LogP contribution is 2.40. The predicted octanol–water partition coefficient (Wildman–Crippen LogP) is 4.53. The minimum atomic E-state index is -0.341. The number of nitrogens with zero attached hydrogens (tertiary/aromatic N) is 3. The number of thioether (sulfide) groups is 2. The average Bonchev–Trinajstić information content (AvgIpc) is 3.30. The molecule has 1 aliphatic rings. The van der Waals surface area contributed by atoms with Crippen LogP contribution in [-0.2, 0) is 15.3 Å². The predicted molar refractivity (Wildman–Crippen MR) is 125 cm³/mol. The van der Waals surface area contributed by atoms with E-state index in [9.17, 15) is 4.79 Å². The molecule has 2 aromatic carbocycles. The number of carbonyl (C=O) groups is 1. The first kappa shape index (κ1) is 22.1. The molecule has 0 saturated carbocycles. The van der Waals surface area contributed by atoms with E-state index in [1.807, 2.05) is 47.4 Å². The summed E-state index contributed by atoms with van der Waals surface area (Å²) in [5.74, 6) is 1.75. The molecule has 0 aliphatic carbocycles. The van der Waals surface area contributed by atoms with Crippen molar-refractivity contribution in [2.45, 2.75) is 19.7 Å². The Hall–Kier alpha value is -2.07. The van der Waals surface area contributed by atoms with Gasteiger partial charge in [0.05, 0.1) is 20.3 Å². The lowest BCUT2D eigenvalue weighted by molar-refractivity contribution is -0.134. The van der Waals surface area contributed by atoms with Crippen molar-refractivity contribution in [3.8, 4) is 5.75 Å². The molecule has 2 heterocycles. The zero-order chi connectivity index (χ0) is 21.5. The van der Waals surface area contributed by atoms with Crippen LogP contribution in [0.1, 0.15) is 16.4 Å². The summed E-state index contributed by atoms with van der Waals surface area (Å²) in [4.78, 5) is 15.1. The summed E-state index contributed by atoms with van der Waals surface area (Å²) in [7, 11) is 1.66. The SMILES string of the molecule is COc1ccc(CSc2nnc(SC(C(=O)N3CCOCC3)c3ccccc3)s2)cc1. The first-order valence-electron chi connectivity index (χ1n) is 9.90. The molecule has 1 unspecified atom stereocenters. The summed E-state index contributed by atoms with van der Waals surface area (Å²) in [6.45, 7) is 2.43. The Morgan fingerprint density at radius 2 is 1.81 bits per heavy atom. The van der Waals surface area contributed by atoms with E-state index in [0.29, 0.717) is 26.3 Å². The summed E-state index contributed by atoms with van der Waals surface area (Å²) in [6, 6.07) is 17.9. The molecule has 1 aromatic heterocycles. The van der Waals surface area contributed by atoms with Crippen molar-refractivity contribution in [3.63, 3.8) is 0 Å². The number of hydrogen-bond acceptors (Lipinski definition) is 8. The van der Waals surface area contributed by atoms with Crippen LogP contribution in [0.15, 0.2) is 63.3 Å². The Kier molecular flexibility index (Phi) is 7.85. The lowest BCUT2D eigenvalue weighted by Crippen LogP contribution is -2.42. The molecule has 3 aromatic rings. The minimum absolute atomic E-state index is 0.0992. The molecule has 1 atom stereocenters. The lowest BCUT2D eigenvalue weighted by Gasteiger charge is -2.30. The largest absolute Gasteiger partial charge is 0.497 e. The van der Waals surface area contributed by atoms with E-state index in [1.165, 1.54) is 28.7 Å². The molecule has 1 aliphatic heterocycles. The second-order valence-corrected chi connectivity index (χ2v) is 10.4. The van der Waals surface area contributed by atoms with Crippen molar-refractivity contribution in [1.29, 1.82) is 0 Å². The van der Waals surface area contributed by atoms with Crippen LogP contribution in [0.5, 0.6) is 5.75 Å². The number of ether oxygens (including phenoxy) is 2. The van der Waals surface area contributed by atoms with Crippen molar-refractivity contribution < 1.29 is 14.3 Å². The highest BCUT2D eigenvalue weighted by Gasteiger charge is 2.29. The van der Waals surface area contributed by atoms with Crippen LogP contribution >= 0.6 is 34.9 Å². The van der Waals surface area contributed by atoms with Crippen LogP contribution in [0, 0.1) is 0 Å². The summed E-state index contributed by atoms with van der Waals surface area (Å²) in [6.07, 6.45) is 0. The van der Waals surface area contributed by atoms with E-state index in [1.54, 1.807) is 18.9 Å². The van der Waals surface area contributed by atoms with E-state index in [4.69, 9.17) is 9.47 Å². The molecule has 0 spiro atoms. The molecule has 6 nitrogen and oxygen atoms in total. The van der Waals surface area contributed by atoms with E-state index < -0.39 is 0 Å². The van der Waals surface area contributed by atoms with Crippen LogP contribution in [0.25, 0.3) is 0 Å². The maximum Gasteiger partial charge on any atom is 0.240 e. The molecule has 0 bridgehead atoms. The van der Waals surface area contributed by atoms with Gasteiger partial charge in [0, 0.05) is 18.8 Å². The molecule has 31 heavy (non-hydrogen) atoms. The van der Waals surface area contributed by atoms with Gasteiger partial charge in [-0.1, -0.05) is 77.3 Å². The second kappa shape index (κ2) is 11.0. The highest BCUT2D eigenvalue weighted by molar-refractivity contribution is 8.03. The number of morpholine rings is 1. The molecule has 162 valence electrons. The normalized spacial score (nSPS) is 14.9. The fourth-order valence-corrected chi connectivity index (χ4v) is 6.36. The van der Waals surface area contributed by atoms with Gasteiger partial charge in [-0.3, -0.25) is 4.79 Å². The summed E-state index contributed by atoms with van der Waals surface area (Å²) in [5, 5.41) is 8.33. The first-order chi connectivity index (χ1) is 15.2. The van der Waals surface area contributed by atoms with Gasteiger partial charge in [-0.2, -0.15) is 0 Å². The third-order valence-electron chi connectivity index (χ3n) is 4.78. The van der Waals surface area contributed by atoms with E-state index in [-0.39, 0.29) is 11.2 Å². The Bertz CT molecular complexity index is 976. The van der Waals surface area contributed by atoms with Crippen LogP contribution in [0.4, 0.5) is 0 Å². The van der Waals surface area contributed by atoms with Gasteiger partial charge >= 0.3 is 0 Å². The molecule has 0 radical (unpaired) electrons. The van der Waals surface area contributed by atoms with E-state index in [0.717, 1.165) is 25.7 Å². The molecule has 4 rings (SSSR count). The third-order valence-corrected chi connectivity index (χ3v) is 8.23. The second-order valence-electron chi connectivity index (χ2n) is 6.82. The molecular weight excluding hydrogens is 450 g/mol. The number of carbonyl (C=O) groups excluding carboxylic acids is 1. The molecule has 1 amide bonds. The highest BCUT2D eigenvalue weighted by atomic mass is 32.2. The topological polar surface area (TPSA) is 64.6 Å². The zero-order valence-electron chi connectivity index (χ0n) is 17.1. The van der Waals surface area contributed by atoms with Gasteiger partial charge < -0.3 is 14.4 Å². The van der Waals surface area contributed by atoms with Crippen molar-refractivity contribution in [1.82, 2.24) is 15.1 Å². The smallest absolute Gasteiger partial charge is 0.240 e. The van der Waals surface area contributed by atoms with Crippen LogP contribution in [0.3, 0.4) is 0 Å². The quantitative estimate of drug-likeness (QED) is 0.445. The van der Waals surface area contributed by atoms with Crippen molar-refractivity contribution in [2.24, 2.45) is 0 Å². The number of hydrogen-bond donors (Lipinski definition) is 0. The number of aromatic nitrogens is 2. The number of benzene rings is 2. The Labute approximate surface area is 194 Å². The van der Waals surface area contributed by atoms with Gasteiger partial charge in [0.15, 0.2) is 8.68 Å². The fourth-order valence-electron chi connectivity index (χ4n) is 3.11. The van der Waals surface area contributed by atoms with Crippen LogP contribution in [0.2, 0.25) is 0 Å². The van der Waals surface area contributed by atoms with Crippen molar-refractivity contribution >= 4 is 40.8 Å². The minimum Gasteiger partial charge on any atom is -0.497 e. The first-order valence-corrected chi connectivity index (χ1v) is 12.6. The zero-order valence-corrected chi connectivity index (χ0v) is 19.5. The summed E-state index contributed by atoms with van der Waals surface area (Å²) in [5.41, 5.74) is 2.17. The summed E-state index contributed by atoms with van der Waals surface area (Å²) < 4.78 is 12.3. The maximum atomic E-state index is 13.3. The molecule has 0 N–H and O–H groups in total.